The number of hydrogen-bond acceptors (Lipinski definition) is 4. The third kappa shape index (κ3) is 4.64. The Morgan fingerprint density at radius 2 is 2.08 bits per heavy atom. The fourth-order valence-electron chi connectivity index (χ4n) is 2.22. The summed E-state index contributed by atoms with van der Waals surface area (Å²) in [6, 6.07) is 15.3. The van der Waals surface area contributed by atoms with Gasteiger partial charge in [0.05, 0.1) is 11.4 Å². The predicted molar refractivity (Wildman–Crippen MR) is 110 cm³/mol. The summed E-state index contributed by atoms with van der Waals surface area (Å²) in [6.45, 7) is 1.53. The lowest BCUT2D eigenvalue weighted by Gasteiger charge is -2.18. The average molecular weight is 454 g/mol. The fraction of sp³-hybridized carbons (Fsp3) is 0.111. The van der Waals surface area contributed by atoms with Crippen LogP contribution in [0.25, 0.3) is 0 Å². The van der Waals surface area contributed by atoms with Crippen LogP contribution in [-0.2, 0) is 10.5 Å². The Labute approximate surface area is 168 Å². The number of aromatic nitrogens is 1. The van der Waals surface area contributed by atoms with Crippen LogP contribution in [0.5, 0.6) is 0 Å². The van der Waals surface area contributed by atoms with E-state index in [0.29, 0.717) is 10.2 Å². The Kier molecular flexibility index (Phi) is 6.17. The van der Waals surface area contributed by atoms with Gasteiger partial charge in [0.25, 0.3) is 0 Å². The van der Waals surface area contributed by atoms with E-state index in [-0.39, 0.29) is 5.91 Å². The molecule has 3 nitrogen and oxygen atoms in total. The van der Waals surface area contributed by atoms with Gasteiger partial charge in [-0.3, -0.25) is 9.69 Å². The SMILES string of the molecule is CC(=O)N(c1cccc(Cl)c1)c1nc(CSc2ccccc2Br)cs1. The Hall–Kier alpha value is -1.34. The molecule has 1 heterocycles. The van der Waals surface area contributed by atoms with E-state index in [1.54, 1.807) is 28.8 Å². The molecule has 0 unspecified atom stereocenters. The van der Waals surface area contributed by atoms with Crippen LogP contribution in [-0.4, -0.2) is 10.9 Å². The molecule has 0 atom stereocenters. The van der Waals surface area contributed by atoms with Crippen LogP contribution in [0.2, 0.25) is 5.02 Å². The van der Waals surface area contributed by atoms with Gasteiger partial charge in [0, 0.05) is 32.4 Å². The highest BCUT2D eigenvalue weighted by Crippen LogP contribution is 2.33. The van der Waals surface area contributed by atoms with Crippen molar-refractivity contribution in [2.75, 3.05) is 4.90 Å². The maximum atomic E-state index is 12.1. The molecule has 0 saturated carbocycles. The van der Waals surface area contributed by atoms with Gasteiger partial charge in [0.2, 0.25) is 5.91 Å². The minimum atomic E-state index is -0.0957. The van der Waals surface area contributed by atoms with Crippen molar-refractivity contribution in [1.82, 2.24) is 4.98 Å². The molecule has 1 amide bonds. The van der Waals surface area contributed by atoms with E-state index in [9.17, 15) is 4.79 Å². The van der Waals surface area contributed by atoms with E-state index >= 15 is 0 Å². The topological polar surface area (TPSA) is 33.2 Å². The molecule has 3 rings (SSSR count). The van der Waals surface area contributed by atoms with Gasteiger partial charge in [-0.2, -0.15) is 0 Å². The van der Waals surface area contributed by atoms with Gasteiger partial charge in [-0.25, -0.2) is 4.98 Å². The van der Waals surface area contributed by atoms with Gasteiger partial charge in [0.1, 0.15) is 0 Å². The zero-order chi connectivity index (χ0) is 17.8. The molecule has 0 fully saturated rings. The molecule has 0 spiro atoms. The summed E-state index contributed by atoms with van der Waals surface area (Å²) >= 11 is 12.8. The lowest BCUT2D eigenvalue weighted by molar-refractivity contribution is -0.115. The molecule has 7 heteroatoms. The molecule has 0 saturated heterocycles. The first-order chi connectivity index (χ1) is 12.0. The van der Waals surface area contributed by atoms with Crippen LogP contribution < -0.4 is 4.90 Å². The first-order valence-electron chi connectivity index (χ1n) is 7.42. The highest BCUT2D eigenvalue weighted by Gasteiger charge is 2.18. The Morgan fingerprint density at radius 1 is 1.28 bits per heavy atom. The number of anilines is 2. The van der Waals surface area contributed by atoms with Crippen LogP contribution in [0.4, 0.5) is 10.8 Å². The summed E-state index contributed by atoms with van der Waals surface area (Å²) in [5.41, 5.74) is 1.66. The number of carbonyl (C=O) groups excluding carboxylic acids is 1. The molecule has 0 aliphatic carbocycles. The fourth-order valence-corrected chi connectivity index (χ4v) is 4.86. The van der Waals surface area contributed by atoms with Crippen LogP contribution in [0, 0.1) is 0 Å². The Bertz CT molecular complexity index is 900. The number of benzene rings is 2. The van der Waals surface area contributed by atoms with Crippen molar-refractivity contribution in [3.8, 4) is 0 Å². The monoisotopic (exact) mass is 452 g/mol. The lowest BCUT2D eigenvalue weighted by atomic mass is 10.3. The van der Waals surface area contributed by atoms with Gasteiger partial charge in [-0.15, -0.1) is 23.1 Å². The Balaban J connectivity index is 1.79. The normalized spacial score (nSPS) is 10.7. The molecule has 0 bridgehead atoms. The average Bonchev–Trinajstić information content (AvgIpc) is 3.02. The highest BCUT2D eigenvalue weighted by molar-refractivity contribution is 9.10. The number of hydrogen-bond donors (Lipinski definition) is 0. The molecule has 1 aromatic heterocycles. The van der Waals surface area contributed by atoms with Crippen molar-refractivity contribution < 1.29 is 4.79 Å². The molecule has 0 radical (unpaired) electrons. The number of halogens is 2. The zero-order valence-corrected chi connectivity index (χ0v) is 17.3. The van der Waals surface area contributed by atoms with Gasteiger partial charge in [-0.05, 0) is 46.3 Å². The van der Waals surface area contributed by atoms with Crippen molar-refractivity contribution in [3.05, 3.63) is 69.1 Å². The molecule has 25 heavy (non-hydrogen) atoms. The van der Waals surface area contributed by atoms with Gasteiger partial charge in [-0.1, -0.05) is 29.8 Å². The van der Waals surface area contributed by atoms with Crippen LogP contribution in [0.3, 0.4) is 0 Å². The van der Waals surface area contributed by atoms with Crippen molar-refractivity contribution in [2.45, 2.75) is 17.6 Å². The summed E-state index contributed by atoms with van der Waals surface area (Å²) in [4.78, 5) is 19.5. The number of rotatable bonds is 5. The first kappa shape index (κ1) is 18.5. The van der Waals surface area contributed by atoms with Crippen molar-refractivity contribution in [1.29, 1.82) is 0 Å². The van der Waals surface area contributed by atoms with E-state index in [2.05, 4.69) is 27.0 Å². The van der Waals surface area contributed by atoms with Gasteiger partial charge in [0.15, 0.2) is 5.13 Å². The number of nitrogens with zero attached hydrogens (tertiary/aromatic N) is 2. The van der Waals surface area contributed by atoms with E-state index in [4.69, 9.17) is 11.6 Å². The van der Waals surface area contributed by atoms with Gasteiger partial charge >= 0.3 is 0 Å². The zero-order valence-electron chi connectivity index (χ0n) is 13.3. The number of thioether (sulfide) groups is 1. The lowest BCUT2D eigenvalue weighted by Crippen LogP contribution is -2.22. The van der Waals surface area contributed by atoms with Crippen LogP contribution in [0.15, 0.2) is 63.3 Å². The quantitative estimate of drug-likeness (QED) is 0.411. The number of thiazole rings is 1. The van der Waals surface area contributed by atoms with Crippen molar-refractivity contribution in [2.24, 2.45) is 0 Å². The molecule has 3 aromatic rings. The summed E-state index contributed by atoms with van der Waals surface area (Å²) in [5, 5.41) is 3.22. The molecule has 128 valence electrons. The maximum absolute atomic E-state index is 12.1. The Morgan fingerprint density at radius 3 is 2.80 bits per heavy atom. The molecule has 0 aliphatic heterocycles. The summed E-state index contributed by atoms with van der Waals surface area (Å²) in [6.07, 6.45) is 0. The van der Waals surface area contributed by atoms with Crippen LogP contribution >= 0.6 is 50.6 Å². The molecule has 0 N–H and O–H groups in total. The third-order valence-corrected chi connectivity index (χ3v) is 6.50. The van der Waals surface area contributed by atoms with Gasteiger partial charge < -0.3 is 0 Å². The van der Waals surface area contributed by atoms with Crippen LogP contribution in [0.1, 0.15) is 12.6 Å². The second-order valence-electron chi connectivity index (χ2n) is 5.17. The minimum Gasteiger partial charge on any atom is -0.274 e. The summed E-state index contributed by atoms with van der Waals surface area (Å²) in [5.74, 6) is 0.641. The second-order valence-corrected chi connectivity index (χ2v) is 8.32. The second kappa shape index (κ2) is 8.36. The van der Waals surface area contributed by atoms with E-state index < -0.39 is 0 Å². The predicted octanol–water partition coefficient (Wildman–Crippen LogP) is 6.54. The third-order valence-electron chi connectivity index (χ3n) is 3.32. The summed E-state index contributed by atoms with van der Waals surface area (Å²) in [7, 11) is 0. The summed E-state index contributed by atoms with van der Waals surface area (Å²) < 4.78 is 1.07. The molecular weight excluding hydrogens is 440 g/mol. The largest absolute Gasteiger partial charge is 0.274 e. The van der Waals surface area contributed by atoms with Crippen molar-refractivity contribution in [3.63, 3.8) is 0 Å². The number of carbonyl (C=O) groups is 1. The van der Waals surface area contributed by atoms with E-state index in [1.807, 2.05) is 35.7 Å². The van der Waals surface area contributed by atoms with E-state index in [0.717, 1.165) is 26.5 Å². The molecular formula is C18H14BrClN2OS2. The number of amides is 1. The molecule has 2 aromatic carbocycles. The smallest absolute Gasteiger partial charge is 0.230 e. The first-order valence-corrected chi connectivity index (χ1v) is 10.5. The standard InChI is InChI=1S/C18H14BrClN2OS2/c1-12(23)22(15-6-4-5-13(20)9-15)18-21-14(11-25-18)10-24-17-8-3-2-7-16(17)19/h2-9,11H,10H2,1H3. The maximum Gasteiger partial charge on any atom is 0.230 e. The highest BCUT2D eigenvalue weighted by atomic mass is 79.9. The van der Waals surface area contributed by atoms with E-state index in [1.165, 1.54) is 18.3 Å². The minimum absolute atomic E-state index is 0.0957. The molecule has 0 aliphatic rings. The van der Waals surface area contributed by atoms with Crippen molar-refractivity contribution >= 4 is 67.4 Å².